The van der Waals surface area contributed by atoms with Gasteiger partial charge in [0.2, 0.25) is 5.91 Å². The molecule has 5 heteroatoms. The van der Waals surface area contributed by atoms with Gasteiger partial charge in [0.05, 0.1) is 0 Å². The fraction of sp³-hybridized carbons (Fsp3) is 0.400. The number of hydrogen-bond acceptors (Lipinski definition) is 3. The van der Waals surface area contributed by atoms with Crippen molar-refractivity contribution in [2.75, 3.05) is 0 Å². The van der Waals surface area contributed by atoms with Crippen LogP contribution in [0.4, 0.5) is 0 Å². The molecule has 2 rings (SSSR count). The van der Waals surface area contributed by atoms with E-state index < -0.39 is 11.8 Å². The molecule has 0 radical (unpaired) electrons. The molecule has 0 bridgehead atoms. The topological polar surface area (TPSA) is 84.5 Å². The number of aliphatic imine (C=N–C) groups is 1. The first kappa shape index (κ1) is 14.4. The Hall–Kier alpha value is -2.01. The average molecular weight is 273 g/mol. The lowest BCUT2D eigenvalue weighted by atomic mass is 9.94. The average Bonchev–Trinajstić information content (AvgIpc) is 2.37. The molecule has 1 aliphatic rings. The summed E-state index contributed by atoms with van der Waals surface area (Å²) in [4.78, 5) is 28.2. The van der Waals surface area contributed by atoms with Crippen LogP contribution in [0.3, 0.4) is 0 Å². The molecule has 0 aliphatic carbocycles. The minimum atomic E-state index is -0.850. The van der Waals surface area contributed by atoms with Gasteiger partial charge in [-0.1, -0.05) is 36.8 Å². The van der Waals surface area contributed by atoms with Gasteiger partial charge in [0.25, 0.3) is 5.91 Å². The minimum Gasteiger partial charge on any atom is -0.327 e. The first-order valence-electron chi connectivity index (χ1n) is 6.75. The molecule has 0 saturated heterocycles. The Morgan fingerprint density at radius 1 is 1.40 bits per heavy atom. The van der Waals surface area contributed by atoms with E-state index >= 15 is 0 Å². The molecule has 0 spiro atoms. The minimum absolute atomic E-state index is 0.0997. The highest BCUT2D eigenvalue weighted by atomic mass is 16.2. The third-order valence-corrected chi connectivity index (χ3v) is 3.38. The molecule has 0 aromatic heterocycles. The lowest BCUT2D eigenvalue weighted by Crippen LogP contribution is -2.44. The molecule has 5 nitrogen and oxygen atoms in total. The SMILES string of the molecule is CCC(N)CC1=NC(=O)C(c2cccc(C)c2)C(=O)N1. The van der Waals surface area contributed by atoms with E-state index in [9.17, 15) is 9.59 Å². The van der Waals surface area contributed by atoms with Gasteiger partial charge in [-0.3, -0.25) is 9.59 Å². The Bertz CT molecular complexity index is 566. The van der Waals surface area contributed by atoms with Crippen molar-refractivity contribution in [2.45, 2.75) is 38.6 Å². The fourth-order valence-corrected chi connectivity index (χ4v) is 2.19. The van der Waals surface area contributed by atoms with E-state index in [1.807, 2.05) is 32.0 Å². The second kappa shape index (κ2) is 5.96. The van der Waals surface area contributed by atoms with E-state index in [-0.39, 0.29) is 11.9 Å². The predicted octanol–water partition coefficient (Wildman–Crippen LogP) is 1.26. The smallest absolute Gasteiger partial charge is 0.264 e. The maximum absolute atomic E-state index is 12.1. The first-order chi connectivity index (χ1) is 9.51. The van der Waals surface area contributed by atoms with Gasteiger partial charge in [0, 0.05) is 12.5 Å². The van der Waals surface area contributed by atoms with Gasteiger partial charge in [0.1, 0.15) is 11.8 Å². The van der Waals surface area contributed by atoms with Gasteiger partial charge in [-0.25, -0.2) is 0 Å². The van der Waals surface area contributed by atoms with Crippen molar-refractivity contribution in [2.24, 2.45) is 10.7 Å². The molecule has 2 atom stereocenters. The van der Waals surface area contributed by atoms with Crippen LogP contribution in [0, 0.1) is 6.92 Å². The largest absolute Gasteiger partial charge is 0.327 e. The maximum Gasteiger partial charge on any atom is 0.264 e. The van der Waals surface area contributed by atoms with Crippen molar-refractivity contribution < 1.29 is 9.59 Å². The number of carbonyl (C=O) groups excluding carboxylic acids is 2. The number of hydrogen-bond donors (Lipinski definition) is 2. The van der Waals surface area contributed by atoms with E-state index in [1.165, 1.54) is 0 Å². The van der Waals surface area contributed by atoms with Crippen molar-refractivity contribution >= 4 is 17.6 Å². The molecule has 2 amide bonds. The zero-order valence-electron chi connectivity index (χ0n) is 11.7. The summed E-state index contributed by atoms with van der Waals surface area (Å²) < 4.78 is 0. The molecular weight excluding hydrogens is 254 g/mol. The summed E-state index contributed by atoms with van der Waals surface area (Å²) in [6.45, 7) is 3.87. The molecule has 1 heterocycles. The highest BCUT2D eigenvalue weighted by Gasteiger charge is 2.33. The Morgan fingerprint density at radius 2 is 2.15 bits per heavy atom. The summed E-state index contributed by atoms with van der Waals surface area (Å²) in [6.07, 6.45) is 1.18. The lowest BCUT2D eigenvalue weighted by molar-refractivity contribution is -0.129. The molecular formula is C15H19N3O2. The zero-order chi connectivity index (χ0) is 14.7. The predicted molar refractivity (Wildman–Crippen MR) is 77.4 cm³/mol. The third-order valence-electron chi connectivity index (χ3n) is 3.38. The Kier molecular flexibility index (Phi) is 4.29. The second-order valence-corrected chi connectivity index (χ2v) is 5.11. The second-order valence-electron chi connectivity index (χ2n) is 5.11. The number of carbonyl (C=O) groups is 2. The van der Waals surface area contributed by atoms with E-state index in [4.69, 9.17) is 5.73 Å². The number of benzene rings is 1. The van der Waals surface area contributed by atoms with Crippen LogP contribution in [0.1, 0.15) is 36.8 Å². The Morgan fingerprint density at radius 3 is 2.75 bits per heavy atom. The number of aryl methyl sites for hydroxylation is 1. The molecule has 1 aromatic rings. The molecule has 2 unspecified atom stereocenters. The standard InChI is InChI=1S/C15H19N3O2/c1-3-11(16)8-12-17-14(19)13(15(20)18-12)10-6-4-5-9(2)7-10/h4-7,11,13H,3,8,16H2,1-2H3,(H,17,18,19,20). The van der Waals surface area contributed by atoms with Gasteiger partial charge >= 0.3 is 0 Å². The summed E-state index contributed by atoms with van der Waals surface area (Å²) in [5, 5.41) is 2.69. The molecule has 3 N–H and O–H groups in total. The molecule has 20 heavy (non-hydrogen) atoms. The van der Waals surface area contributed by atoms with Crippen LogP contribution in [-0.2, 0) is 9.59 Å². The molecule has 1 aliphatic heterocycles. The van der Waals surface area contributed by atoms with Gasteiger partial charge in [-0.2, -0.15) is 4.99 Å². The summed E-state index contributed by atoms with van der Waals surface area (Å²) in [5.74, 6) is -1.22. The van der Waals surface area contributed by atoms with Crippen molar-refractivity contribution in [3.63, 3.8) is 0 Å². The van der Waals surface area contributed by atoms with Crippen LogP contribution in [0.2, 0.25) is 0 Å². The highest BCUT2D eigenvalue weighted by molar-refractivity contribution is 6.19. The number of rotatable bonds is 4. The van der Waals surface area contributed by atoms with E-state index in [2.05, 4.69) is 10.3 Å². The summed E-state index contributed by atoms with van der Waals surface area (Å²) in [6, 6.07) is 7.26. The molecule has 106 valence electrons. The third kappa shape index (κ3) is 3.11. The van der Waals surface area contributed by atoms with Crippen molar-refractivity contribution in [3.05, 3.63) is 35.4 Å². The van der Waals surface area contributed by atoms with Gasteiger partial charge in [-0.05, 0) is 18.9 Å². The number of amides is 2. The maximum atomic E-state index is 12.1. The van der Waals surface area contributed by atoms with Crippen LogP contribution in [-0.4, -0.2) is 23.7 Å². The van der Waals surface area contributed by atoms with Crippen molar-refractivity contribution in [1.82, 2.24) is 5.32 Å². The normalized spacial score (nSPS) is 20.4. The number of amidine groups is 1. The van der Waals surface area contributed by atoms with E-state index in [0.717, 1.165) is 12.0 Å². The van der Waals surface area contributed by atoms with Crippen LogP contribution < -0.4 is 11.1 Å². The Labute approximate surface area is 118 Å². The monoisotopic (exact) mass is 273 g/mol. The quantitative estimate of drug-likeness (QED) is 0.810. The summed E-state index contributed by atoms with van der Waals surface area (Å²) in [5.41, 5.74) is 7.50. The van der Waals surface area contributed by atoms with Crippen LogP contribution in [0.5, 0.6) is 0 Å². The molecule has 0 saturated carbocycles. The molecule has 0 fully saturated rings. The highest BCUT2D eigenvalue weighted by Crippen LogP contribution is 2.21. The van der Waals surface area contributed by atoms with E-state index in [1.54, 1.807) is 6.07 Å². The van der Waals surface area contributed by atoms with Crippen LogP contribution in [0.15, 0.2) is 29.3 Å². The van der Waals surface area contributed by atoms with E-state index in [0.29, 0.717) is 17.8 Å². The van der Waals surface area contributed by atoms with Gasteiger partial charge < -0.3 is 11.1 Å². The van der Waals surface area contributed by atoms with Gasteiger partial charge in [-0.15, -0.1) is 0 Å². The van der Waals surface area contributed by atoms with Crippen LogP contribution >= 0.6 is 0 Å². The first-order valence-corrected chi connectivity index (χ1v) is 6.75. The van der Waals surface area contributed by atoms with Crippen LogP contribution in [0.25, 0.3) is 0 Å². The summed E-state index contributed by atoms with van der Waals surface area (Å²) in [7, 11) is 0. The van der Waals surface area contributed by atoms with Crippen molar-refractivity contribution in [1.29, 1.82) is 0 Å². The molecule has 1 aromatic carbocycles. The van der Waals surface area contributed by atoms with Crippen molar-refractivity contribution in [3.8, 4) is 0 Å². The zero-order valence-corrected chi connectivity index (χ0v) is 11.7. The number of nitrogens with zero attached hydrogens (tertiary/aromatic N) is 1. The lowest BCUT2D eigenvalue weighted by Gasteiger charge is -2.22. The summed E-state index contributed by atoms with van der Waals surface area (Å²) >= 11 is 0. The Balaban J connectivity index is 2.23. The fourth-order valence-electron chi connectivity index (χ4n) is 2.19. The van der Waals surface area contributed by atoms with Gasteiger partial charge in [0.15, 0.2) is 0 Å². The number of nitrogens with one attached hydrogen (secondary N) is 1. The number of nitrogens with two attached hydrogens (primary N) is 1.